The minimum absolute atomic E-state index is 0.343. The van der Waals surface area contributed by atoms with Crippen LogP contribution in [0.1, 0.15) is 32.6 Å². The monoisotopic (exact) mass is 263 g/mol. The van der Waals surface area contributed by atoms with Crippen molar-refractivity contribution in [2.75, 3.05) is 18.5 Å². The van der Waals surface area contributed by atoms with E-state index in [0.29, 0.717) is 19.3 Å². The first-order chi connectivity index (χ1) is 9.24. The predicted octanol–water partition coefficient (Wildman–Crippen LogP) is 3.05. The number of rotatable bonds is 6. The maximum absolute atomic E-state index is 9.92. The molecule has 3 heteroatoms. The van der Waals surface area contributed by atoms with Gasteiger partial charge in [0.15, 0.2) is 0 Å². The summed E-state index contributed by atoms with van der Waals surface area (Å²) in [7, 11) is 0. The van der Waals surface area contributed by atoms with Gasteiger partial charge >= 0.3 is 0 Å². The summed E-state index contributed by atoms with van der Waals surface area (Å²) in [6.45, 7) is 3.24. The first kappa shape index (κ1) is 14.4. The van der Waals surface area contributed by atoms with E-state index in [1.54, 1.807) is 0 Å². The fourth-order valence-electron chi connectivity index (χ4n) is 2.63. The second-order valence-corrected chi connectivity index (χ2v) is 5.63. The lowest BCUT2D eigenvalue weighted by Gasteiger charge is -2.27. The number of aliphatic hydroxyl groups excluding tert-OH is 1. The quantitative estimate of drug-likeness (QED) is 0.829. The zero-order valence-corrected chi connectivity index (χ0v) is 11.7. The number of anilines is 1. The summed E-state index contributed by atoms with van der Waals surface area (Å²) in [6.07, 6.45) is 4.75. The molecule has 1 aliphatic carbocycles. The molecule has 0 heterocycles. The van der Waals surface area contributed by atoms with Crippen LogP contribution in [0, 0.1) is 5.92 Å². The summed E-state index contributed by atoms with van der Waals surface area (Å²) in [6, 6.07) is 9.94. The molecule has 0 aliphatic heterocycles. The van der Waals surface area contributed by atoms with Gasteiger partial charge in [-0.1, -0.05) is 38.0 Å². The van der Waals surface area contributed by atoms with Crippen LogP contribution in [0.2, 0.25) is 0 Å². The Morgan fingerprint density at radius 1 is 1.32 bits per heavy atom. The molecule has 0 saturated heterocycles. The van der Waals surface area contributed by atoms with Crippen LogP contribution in [0.5, 0.6) is 0 Å². The smallest absolute Gasteiger partial charge is 0.0945 e. The minimum Gasteiger partial charge on any atom is -0.389 e. The van der Waals surface area contributed by atoms with Gasteiger partial charge in [-0.25, -0.2) is 0 Å². The van der Waals surface area contributed by atoms with E-state index in [2.05, 4.69) is 12.2 Å². The van der Waals surface area contributed by atoms with E-state index in [1.807, 2.05) is 30.3 Å². The number of nitrogens with one attached hydrogen (secondary N) is 1. The molecule has 3 nitrogen and oxygen atoms in total. The van der Waals surface area contributed by atoms with Gasteiger partial charge in [0, 0.05) is 12.2 Å². The Hall–Kier alpha value is -1.06. The third-order valence-corrected chi connectivity index (χ3v) is 3.73. The fraction of sp³-hybridized carbons (Fsp3) is 0.625. The van der Waals surface area contributed by atoms with Crippen molar-refractivity contribution in [1.82, 2.24) is 0 Å². The molecular formula is C16H25NO2. The summed E-state index contributed by atoms with van der Waals surface area (Å²) >= 11 is 0. The van der Waals surface area contributed by atoms with E-state index in [0.717, 1.165) is 24.4 Å². The van der Waals surface area contributed by atoms with Gasteiger partial charge < -0.3 is 15.2 Å². The van der Waals surface area contributed by atoms with Crippen molar-refractivity contribution in [3.8, 4) is 0 Å². The fourth-order valence-corrected chi connectivity index (χ4v) is 2.63. The van der Waals surface area contributed by atoms with Crippen molar-refractivity contribution in [3.05, 3.63) is 30.3 Å². The van der Waals surface area contributed by atoms with E-state index in [9.17, 15) is 5.11 Å². The highest BCUT2D eigenvalue weighted by Gasteiger charge is 2.20. The second-order valence-electron chi connectivity index (χ2n) is 5.63. The maximum atomic E-state index is 9.92. The molecule has 3 unspecified atom stereocenters. The van der Waals surface area contributed by atoms with Crippen LogP contribution in [0.25, 0.3) is 0 Å². The number of para-hydroxylation sites is 1. The van der Waals surface area contributed by atoms with Gasteiger partial charge in [-0.15, -0.1) is 0 Å². The molecule has 0 bridgehead atoms. The summed E-state index contributed by atoms with van der Waals surface area (Å²) in [5.74, 6) is 0.762. The normalized spacial score (nSPS) is 24.9. The van der Waals surface area contributed by atoms with Gasteiger partial charge in [0.05, 0.1) is 18.8 Å². The number of hydrogen-bond acceptors (Lipinski definition) is 3. The van der Waals surface area contributed by atoms with Crippen molar-refractivity contribution in [2.45, 2.75) is 44.8 Å². The molecule has 0 radical (unpaired) electrons. The molecule has 19 heavy (non-hydrogen) atoms. The SMILES string of the molecule is CC1CCCC(OCC(O)CNc2ccccc2)C1. The Balaban J connectivity index is 1.63. The molecule has 1 aromatic carbocycles. The van der Waals surface area contributed by atoms with Crippen LogP contribution in [0.15, 0.2) is 30.3 Å². The number of ether oxygens (including phenoxy) is 1. The lowest BCUT2D eigenvalue weighted by molar-refractivity contribution is -0.0274. The summed E-state index contributed by atoms with van der Waals surface area (Å²) < 4.78 is 5.81. The molecular weight excluding hydrogens is 238 g/mol. The largest absolute Gasteiger partial charge is 0.389 e. The van der Waals surface area contributed by atoms with Crippen LogP contribution in [0.4, 0.5) is 5.69 Å². The standard InChI is InChI=1S/C16H25NO2/c1-13-6-5-9-16(10-13)19-12-15(18)11-17-14-7-3-2-4-8-14/h2-4,7-8,13,15-18H,5-6,9-12H2,1H3. The Kier molecular flexibility index (Phi) is 5.67. The van der Waals surface area contributed by atoms with Crippen molar-refractivity contribution < 1.29 is 9.84 Å². The van der Waals surface area contributed by atoms with Crippen molar-refractivity contribution >= 4 is 5.69 Å². The molecule has 2 rings (SSSR count). The highest BCUT2D eigenvalue weighted by molar-refractivity contribution is 5.42. The highest BCUT2D eigenvalue weighted by Crippen LogP contribution is 2.25. The summed E-state index contributed by atoms with van der Waals surface area (Å²) in [4.78, 5) is 0. The van der Waals surface area contributed by atoms with Gasteiger partial charge in [0.2, 0.25) is 0 Å². The predicted molar refractivity (Wildman–Crippen MR) is 78.3 cm³/mol. The van der Waals surface area contributed by atoms with Gasteiger partial charge in [-0.05, 0) is 30.9 Å². The van der Waals surface area contributed by atoms with E-state index in [-0.39, 0.29) is 0 Å². The molecule has 106 valence electrons. The van der Waals surface area contributed by atoms with Gasteiger partial charge in [-0.3, -0.25) is 0 Å². The zero-order valence-electron chi connectivity index (χ0n) is 11.7. The Morgan fingerprint density at radius 2 is 2.11 bits per heavy atom. The van der Waals surface area contributed by atoms with Crippen LogP contribution in [0.3, 0.4) is 0 Å². The Morgan fingerprint density at radius 3 is 2.84 bits per heavy atom. The summed E-state index contributed by atoms with van der Waals surface area (Å²) in [5, 5.41) is 13.1. The third kappa shape index (κ3) is 5.21. The van der Waals surface area contributed by atoms with Gasteiger partial charge in [0.1, 0.15) is 0 Å². The highest BCUT2D eigenvalue weighted by atomic mass is 16.5. The average Bonchev–Trinajstić information content (AvgIpc) is 2.44. The molecule has 2 N–H and O–H groups in total. The van der Waals surface area contributed by atoms with Crippen LogP contribution >= 0.6 is 0 Å². The van der Waals surface area contributed by atoms with Gasteiger partial charge in [-0.2, -0.15) is 0 Å². The van der Waals surface area contributed by atoms with E-state index < -0.39 is 6.10 Å². The molecule has 0 spiro atoms. The molecule has 3 atom stereocenters. The molecule has 1 fully saturated rings. The molecule has 1 aliphatic rings. The Labute approximate surface area is 116 Å². The first-order valence-corrected chi connectivity index (χ1v) is 7.32. The maximum Gasteiger partial charge on any atom is 0.0945 e. The zero-order chi connectivity index (χ0) is 13.5. The number of aliphatic hydroxyl groups is 1. The topological polar surface area (TPSA) is 41.5 Å². The number of benzene rings is 1. The average molecular weight is 263 g/mol. The minimum atomic E-state index is -0.447. The second kappa shape index (κ2) is 7.51. The molecule has 0 aromatic heterocycles. The van der Waals surface area contributed by atoms with E-state index in [1.165, 1.54) is 12.8 Å². The molecule has 1 aromatic rings. The first-order valence-electron chi connectivity index (χ1n) is 7.32. The summed E-state index contributed by atoms with van der Waals surface area (Å²) in [5.41, 5.74) is 1.04. The van der Waals surface area contributed by atoms with Crippen molar-refractivity contribution in [3.63, 3.8) is 0 Å². The molecule has 0 amide bonds. The van der Waals surface area contributed by atoms with Crippen molar-refractivity contribution in [2.24, 2.45) is 5.92 Å². The van der Waals surface area contributed by atoms with E-state index >= 15 is 0 Å². The number of hydrogen-bond donors (Lipinski definition) is 2. The lowest BCUT2D eigenvalue weighted by Crippen LogP contribution is -2.30. The van der Waals surface area contributed by atoms with Crippen molar-refractivity contribution in [1.29, 1.82) is 0 Å². The Bertz CT molecular complexity index is 355. The van der Waals surface area contributed by atoms with E-state index in [4.69, 9.17) is 4.74 Å². The third-order valence-electron chi connectivity index (χ3n) is 3.73. The molecule has 1 saturated carbocycles. The van der Waals surface area contributed by atoms with Crippen LogP contribution in [-0.2, 0) is 4.74 Å². The van der Waals surface area contributed by atoms with Gasteiger partial charge in [0.25, 0.3) is 0 Å². The van der Waals surface area contributed by atoms with Crippen LogP contribution in [-0.4, -0.2) is 30.5 Å². The van der Waals surface area contributed by atoms with Crippen LogP contribution < -0.4 is 5.32 Å². The lowest BCUT2D eigenvalue weighted by atomic mass is 9.89.